The molecule has 2 aromatic carbocycles. The molecule has 0 radical (unpaired) electrons. The molecular formula is C19H14F4N4O3. The summed E-state index contributed by atoms with van der Waals surface area (Å²) in [7, 11) is 0. The van der Waals surface area contributed by atoms with Gasteiger partial charge in [-0.2, -0.15) is 18.3 Å². The molecule has 1 N–H and O–H groups in total. The molecule has 11 heteroatoms. The van der Waals surface area contributed by atoms with Crippen molar-refractivity contribution < 1.29 is 31.9 Å². The largest absolute Gasteiger partial charge is 0.484 e. The smallest absolute Gasteiger partial charge is 0.416 e. The maximum atomic E-state index is 13.8. The number of carbonyl (C=O) groups excluding carboxylic acids is 2. The molecular weight excluding hydrogens is 408 g/mol. The molecule has 1 aromatic heterocycles. The number of ketones is 1. The molecule has 0 bridgehead atoms. The third-order valence-corrected chi connectivity index (χ3v) is 3.95. The molecule has 0 fully saturated rings. The van der Waals surface area contributed by atoms with E-state index in [0.29, 0.717) is 0 Å². The molecule has 0 saturated heterocycles. The fraction of sp³-hybridized carbons (Fsp3) is 0.158. The van der Waals surface area contributed by atoms with Crippen LogP contribution in [0.25, 0.3) is 5.69 Å². The zero-order valence-electron chi connectivity index (χ0n) is 15.4. The van der Waals surface area contributed by atoms with E-state index in [0.717, 1.165) is 24.3 Å². The number of carbonyl (C=O) groups is 2. The third-order valence-electron chi connectivity index (χ3n) is 3.95. The van der Waals surface area contributed by atoms with E-state index < -0.39 is 35.9 Å². The van der Waals surface area contributed by atoms with Crippen LogP contribution < -0.4 is 10.1 Å². The Kier molecular flexibility index (Phi) is 5.81. The monoisotopic (exact) mass is 422 g/mol. The van der Waals surface area contributed by atoms with Gasteiger partial charge in [0.1, 0.15) is 24.2 Å². The summed E-state index contributed by atoms with van der Waals surface area (Å²) >= 11 is 0. The standard InChI is InChI=1S/C19H14F4N4O3/c1-11(28)14-4-3-13(7-15(14)20)30-8-18(29)26-16-6-12(19(21,22)23)2-5-17(16)27-10-24-9-25-27/h2-7,9-10H,8H2,1H3,(H,26,29). The number of rotatable bonds is 6. The zero-order chi connectivity index (χ0) is 21.9. The summed E-state index contributed by atoms with van der Waals surface area (Å²) in [6.45, 7) is 0.597. The molecule has 3 rings (SSSR count). The number of ether oxygens (including phenoxy) is 1. The van der Waals surface area contributed by atoms with E-state index in [2.05, 4.69) is 15.4 Å². The van der Waals surface area contributed by atoms with Crippen molar-refractivity contribution in [3.63, 3.8) is 0 Å². The number of aromatic nitrogens is 3. The van der Waals surface area contributed by atoms with E-state index in [4.69, 9.17) is 4.74 Å². The first-order valence-corrected chi connectivity index (χ1v) is 8.44. The number of nitrogens with one attached hydrogen (secondary N) is 1. The minimum atomic E-state index is -4.62. The maximum absolute atomic E-state index is 13.8. The van der Waals surface area contributed by atoms with Gasteiger partial charge in [0.15, 0.2) is 12.4 Å². The number of anilines is 1. The number of hydrogen-bond donors (Lipinski definition) is 1. The molecule has 156 valence electrons. The summed E-state index contributed by atoms with van der Waals surface area (Å²) in [5.41, 5.74) is -1.11. The van der Waals surface area contributed by atoms with Crippen LogP contribution in [0.15, 0.2) is 49.1 Å². The highest BCUT2D eigenvalue weighted by atomic mass is 19.4. The SMILES string of the molecule is CC(=O)c1ccc(OCC(=O)Nc2cc(C(F)(F)F)ccc2-n2cncn2)cc1F. The van der Waals surface area contributed by atoms with Crippen molar-refractivity contribution in [1.29, 1.82) is 0 Å². The van der Waals surface area contributed by atoms with E-state index in [1.54, 1.807) is 0 Å². The highest BCUT2D eigenvalue weighted by molar-refractivity contribution is 5.95. The Morgan fingerprint density at radius 2 is 1.93 bits per heavy atom. The number of hydrogen-bond acceptors (Lipinski definition) is 5. The summed E-state index contributed by atoms with van der Waals surface area (Å²) in [5.74, 6) is -2.09. The Bertz CT molecular complexity index is 1080. The third kappa shape index (κ3) is 4.80. The molecule has 1 heterocycles. The number of amides is 1. The fourth-order valence-electron chi connectivity index (χ4n) is 2.55. The average molecular weight is 422 g/mol. The van der Waals surface area contributed by atoms with E-state index in [1.165, 1.54) is 36.4 Å². The number of nitrogens with zero attached hydrogens (tertiary/aromatic N) is 3. The second-order valence-electron chi connectivity index (χ2n) is 6.10. The van der Waals surface area contributed by atoms with Crippen LogP contribution in [-0.2, 0) is 11.0 Å². The van der Waals surface area contributed by atoms with Gasteiger partial charge < -0.3 is 10.1 Å². The van der Waals surface area contributed by atoms with Crippen molar-refractivity contribution in [3.8, 4) is 11.4 Å². The van der Waals surface area contributed by atoms with Gasteiger partial charge in [-0.1, -0.05) is 0 Å². The van der Waals surface area contributed by atoms with Gasteiger partial charge in [-0.15, -0.1) is 0 Å². The predicted octanol–water partition coefficient (Wildman–Crippen LogP) is 3.65. The molecule has 0 unspecified atom stereocenters. The lowest BCUT2D eigenvalue weighted by Gasteiger charge is -2.14. The minimum Gasteiger partial charge on any atom is -0.484 e. The summed E-state index contributed by atoms with van der Waals surface area (Å²) in [5, 5.41) is 6.17. The number of alkyl halides is 3. The van der Waals surface area contributed by atoms with Gasteiger partial charge >= 0.3 is 6.18 Å². The highest BCUT2D eigenvalue weighted by Crippen LogP contribution is 2.33. The van der Waals surface area contributed by atoms with E-state index in [1.807, 2.05) is 0 Å². The van der Waals surface area contributed by atoms with Gasteiger partial charge in [0, 0.05) is 6.07 Å². The molecule has 0 aliphatic carbocycles. The van der Waals surface area contributed by atoms with Crippen LogP contribution in [0, 0.1) is 5.82 Å². The molecule has 0 spiro atoms. The summed E-state index contributed by atoms with van der Waals surface area (Å²) in [4.78, 5) is 27.2. The number of Topliss-reactive ketones (excluding diaryl/α,β-unsaturated/α-hetero) is 1. The fourth-order valence-corrected chi connectivity index (χ4v) is 2.55. The highest BCUT2D eigenvalue weighted by Gasteiger charge is 2.31. The quantitative estimate of drug-likeness (QED) is 0.484. The summed E-state index contributed by atoms with van der Waals surface area (Å²) in [6, 6.07) is 6.20. The predicted molar refractivity (Wildman–Crippen MR) is 96.9 cm³/mol. The lowest BCUT2D eigenvalue weighted by atomic mass is 10.1. The van der Waals surface area contributed by atoms with E-state index in [-0.39, 0.29) is 22.7 Å². The first-order chi connectivity index (χ1) is 14.1. The molecule has 3 aromatic rings. The lowest BCUT2D eigenvalue weighted by molar-refractivity contribution is -0.137. The molecule has 0 aliphatic heterocycles. The Balaban J connectivity index is 1.77. The van der Waals surface area contributed by atoms with Crippen LogP contribution in [0.1, 0.15) is 22.8 Å². The van der Waals surface area contributed by atoms with Crippen LogP contribution in [0.4, 0.5) is 23.2 Å². The van der Waals surface area contributed by atoms with Crippen molar-refractivity contribution in [2.45, 2.75) is 13.1 Å². The van der Waals surface area contributed by atoms with Gasteiger partial charge in [-0.25, -0.2) is 14.1 Å². The number of benzene rings is 2. The van der Waals surface area contributed by atoms with Crippen molar-refractivity contribution in [2.24, 2.45) is 0 Å². The topological polar surface area (TPSA) is 86.1 Å². The first-order valence-electron chi connectivity index (χ1n) is 8.44. The Morgan fingerprint density at radius 1 is 1.17 bits per heavy atom. The van der Waals surface area contributed by atoms with Crippen molar-refractivity contribution >= 4 is 17.4 Å². The Labute approximate surface area is 167 Å². The molecule has 7 nitrogen and oxygen atoms in total. The van der Waals surface area contributed by atoms with E-state index in [9.17, 15) is 27.2 Å². The lowest BCUT2D eigenvalue weighted by Crippen LogP contribution is -2.22. The zero-order valence-corrected chi connectivity index (χ0v) is 15.4. The average Bonchev–Trinajstić information content (AvgIpc) is 3.20. The molecule has 0 saturated carbocycles. The minimum absolute atomic E-state index is 0.0202. The Hall–Kier alpha value is -3.76. The van der Waals surface area contributed by atoms with Crippen LogP contribution in [-0.4, -0.2) is 33.1 Å². The van der Waals surface area contributed by atoms with Gasteiger partial charge in [0.2, 0.25) is 0 Å². The maximum Gasteiger partial charge on any atom is 0.416 e. The molecule has 1 amide bonds. The Morgan fingerprint density at radius 3 is 2.53 bits per heavy atom. The van der Waals surface area contributed by atoms with Crippen LogP contribution >= 0.6 is 0 Å². The van der Waals surface area contributed by atoms with Crippen LogP contribution in [0.3, 0.4) is 0 Å². The van der Waals surface area contributed by atoms with Crippen LogP contribution in [0.2, 0.25) is 0 Å². The molecule has 0 aliphatic rings. The normalized spacial score (nSPS) is 11.2. The van der Waals surface area contributed by atoms with Gasteiger partial charge in [-0.3, -0.25) is 9.59 Å². The van der Waals surface area contributed by atoms with Crippen molar-refractivity contribution in [1.82, 2.24) is 14.8 Å². The van der Waals surface area contributed by atoms with Gasteiger partial charge in [0.05, 0.1) is 22.5 Å². The van der Waals surface area contributed by atoms with Gasteiger partial charge in [0.25, 0.3) is 5.91 Å². The van der Waals surface area contributed by atoms with Crippen LogP contribution in [0.5, 0.6) is 5.75 Å². The van der Waals surface area contributed by atoms with Gasteiger partial charge in [-0.05, 0) is 37.3 Å². The van der Waals surface area contributed by atoms with Crippen molar-refractivity contribution in [2.75, 3.05) is 11.9 Å². The van der Waals surface area contributed by atoms with Crippen molar-refractivity contribution in [3.05, 3.63) is 66.0 Å². The molecule has 0 atom stereocenters. The summed E-state index contributed by atoms with van der Waals surface area (Å²) in [6.07, 6.45) is -2.17. The second-order valence-corrected chi connectivity index (χ2v) is 6.10. The van der Waals surface area contributed by atoms with E-state index >= 15 is 0 Å². The number of halogens is 4. The second kappa shape index (κ2) is 8.31. The molecule has 30 heavy (non-hydrogen) atoms. The first kappa shape index (κ1) is 21.0. The summed E-state index contributed by atoms with van der Waals surface area (Å²) < 4.78 is 59.3.